The first kappa shape index (κ1) is 15.4. The first-order valence-corrected chi connectivity index (χ1v) is 6.27. The number of anilines is 1. The Labute approximate surface area is 124 Å². The van der Waals surface area contributed by atoms with Gasteiger partial charge in [0.15, 0.2) is 0 Å². The fourth-order valence-corrected chi connectivity index (χ4v) is 2.09. The number of hydrogen-bond acceptors (Lipinski definition) is 5. The van der Waals surface area contributed by atoms with Gasteiger partial charge in [0.2, 0.25) is 0 Å². The average Bonchev–Trinajstić information content (AvgIpc) is 2.46. The van der Waals surface area contributed by atoms with Crippen LogP contribution in [0.3, 0.4) is 0 Å². The Hall–Kier alpha value is -3.03. The highest BCUT2D eigenvalue weighted by Crippen LogP contribution is 2.32. The van der Waals surface area contributed by atoms with Crippen LogP contribution in [0.25, 0.3) is 0 Å². The fraction of sp³-hybridized carbons (Fsp3) is 0.143. The van der Waals surface area contributed by atoms with E-state index in [2.05, 4.69) is 0 Å². The third-order valence-electron chi connectivity index (χ3n) is 3.09. The smallest absolute Gasteiger partial charge is 0.299 e. The molecular formula is C14H12FN3O4. The summed E-state index contributed by atoms with van der Waals surface area (Å²) < 4.78 is 13.2. The van der Waals surface area contributed by atoms with Crippen molar-refractivity contribution in [3.05, 3.63) is 74.1 Å². The molecule has 0 atom stereocenters. The molecule has 0 aromatic heterocycles. The molecule has 0 spiro atoms. The van der Waals surface area contributed by atoms with Gasteiger partial charge in [-0.15, -0.1) is 0 Å². The number of rotatable bonds is 5. The second kappa shape index (κ2) is 6.17. The molecule has 0 saturated carbocycles. The third-order valence-corrected chi connectivity index (χ3v) is 3.09. The molecule has 0 aliphatic rings. The van der Waals surface area contributed by atoms with Crippen LogP contribution in [-0.2, 0) is 6.54 Å². The first-order valence-electron chi connectivity index (χ1n) is 6.27. The number of hydrogen-bond donors (Lipinski definition) is 0. The second-order valence-electron chi connectivity index (χ2n) is 4.67. The first-order chi connectivity index (χ1) is 10.4. The summed E-state index contributed by atoms with van der Waals surface area (Å²) >= 11 is 0. The summed E-state index contributed by atoms with van der Waals surface area (Å²) in [7, 11) is 1.60. The van der Waals surface area contributed by atoms with Crippen molar-refractivity contribution in [2.24, 2.45) is 0 Å². The number of halogens is 1. The number of nitrogens with zero attached hydrogens (tertiary/aromatic N) is 3. The van der Waals surface area contributed by atoms with Crippen molar-refractivity contribution >= 4 is 17.1 Å². The zero-order chi connectivity index (χ0) is 16.3. The number of nitro benzene ring substituents is 2. The zero-order valence-corrected chi connectivity index (χ0v) is 11.6. The molecule has 8 heteroatoms. The molecule has 0 amide bonds. The molecular weight excluding hydrogens is 293 g/mol. The van der Waals surface area contributed by atoms with E-state index in [-0.39, 0.29) is 23.6 Å². The maximum atomic E-state index is 13.2. The Morgan fingerprint density at radius 2 is 1.82 bits per heavy atom. The van der Waals surface area contributed by atoms with Crippen LogP contribution in [0.5, 0.6) is 0 Å². The molecule has 22 heavy (non-hydrogen) atoms. The number of nitro groups is 2. The Bertz CT molecular complexity index is 736. The fourth-order valence-electron chi connectivity index (χ4n) is 2.09. The topological polar surface area (TPSA) is 89.5 Å². The summed E-state index contributed by atoms with van der Waals surface area (Å²) in [4.78, 5) is 22.0. The summed E-state index contributed by atoms with van der Waals surface area (Å²) in [6, 6.07) is 9.29. The lowest BCUT2D eigenvalue weighted by Gasteiger charge is -2.19. The number of benzene rings is 2. The molecule has 2 aromatic rings. The van der Waals surface area contributed by atoms with Gasteiger partial charge in [-0.3, -0.25) is 20.2 Å². The minimum absolute atomic E-state index is 0.222. The highest BCUT2D eigenvalue weighted by Gasteiger charge is 2.21. The van der Waals surface area contributed by atoms with Crippen LogP contribution in [0.2, 0.25) is 0 Å². The Morgan fingerprint density at radius 3 is 2.41 bits per heavy atom. The molecule has 2 rings (SSSR count). The minimum Gasteiger partial charge on any atom is -0.365 e. The van der Waals surface area contributed by atoms with Crippen molar-refractivity contribution < 1.29 is 14.2 Å². The molecule has 7 nitrogen and oxygen atoms in total. The van der Waals surface area contributed by atoms with Gasteiger partial charge in [0.25, 0.3) is 11.4 Å². The monoisotopic (exact) mass is 305 g/mol. The van der Waals surface area contributed by atoms with Gasteiger partial charge in [-0.2, -0.15) is 0 Å². The van der Waals surface area contributed by atoms with E-state index in [1.54, 1.807) is 19.2 Å². The van der Waals surface area contributed by atoms with Crippen molar-refractivity contribution in [2.75, 3.05) is 11.9 Å². The quantitative estimate of drug-likeness (QED) is 0.624. The summed E-state index contributed by atoms with van der Waals surface area (Å²) in [6.07, 6.45) is 0. The van der Waals surface area contributed by atoms with Crippen LogP contribution >= 0.6 is 0 Å². The molecule has 0 bridgehead atoms. The Kier molecular flexibility index (Phi) is 4.31. The van der Waals surface area contributed by atoms with Crippen LogP contribution in [-0.4, -0.2) is 16.9 Å². The third kappa shape index (κ3) is 3.35. The lowest BCUT2D eigenvalue weighted by molar-refractivity contribution is -0.393. The van der Waals surface area contributed by atoms with Crippen LogP contribution in [0, 0.1) is 26.0 Å². The summed E-state index contributed by atoms with van der Waals surface area (Å²) in [5.41, 5.74) is 0.137. The predicted octanol–water partition coefficient (Wildman–Crippen LogP) is 3.28. The summed E-state index contributed by atoms with van der Waals surface area (Å²) in [6.45, 7) is 0.233. The van der Waals surface area contributed by atoms with Gasteiger partial charge < -0.3 is 4.90 Å². The lowest BCUT2D eigenvalue weighted by atomic mass is 10.2. The Morgan fingerprint density at radius 1 is 1.09 bits per heavy atom. The van der Waals surface area contributed by atoms with Gasteiger partial charge in [0.05, 0.1) is 15.9 Å². The van der Waals surface area contributed by atoms with E-state index in [9.17, 15) is 24.6 Å². The van der Waals surface area contributed by atoms with Crippen molar-refractivity contribution in [1.29, 1.82) is 0 Å². The predicted molar refractivity (Wildman–Crippen MR) is 78.3 cm³/mol. The van der Waals surface area contributed by atoms with Gasteiger partial charge in [-0.25, -0.2) is 4.39 Å². The second-order valence-corrected chi connectivity index (χ2v) is 4.67. The molecule has 0 fully saturated rings. The van der Waals surface area contributed by atoms with Crippen LogP contribution in [0.4, 0.5) is 21.5 Å². The molecule has 114 valence electrons. The normalized spacial score (nSPS) is 10.3. The van der Waals surface area contributed by atoms with Crippen LogP contribution < -0.4 is 4.90 Å². The molecule has 0 saturated heterocycles. The SMILES string of the molecule is CN(Cc1cccc(F)c1)c1ccc([N+](=O)[O-])cc1[N+](=O)[O-]. The molecule has 0 aliphatic carbocycles. The van der Waals surface area contributed by atoms with E-state index in [1.165, 1.54) is 29.2 Å². The van der Waals surface area contributed by atoms with Crippen molar-refractivity contribution in [3.63, 3.8) is 0 Å². The average molecular weight is 305 g/mol. The van der Waals surface area contributed by atoms with Crippen LogP contribution in [0.15, 0.2) is 42.5 Å². The molecule has 2 aromatic carbocycles. The molecule has 0 radical (unpaired) electrons. The van der Waals surface area contributed by atoms with Crippen molar-refractivity contribution in [1.82, 2.24) is 0 Å². The number of non-ortho nitro benzene ring substituents is 1. The van der Waals surface area contributed by atoms with E-state index in [4.69, 9.17) is 0 Å². The van der Waals surface area contributed by atoms with E-state index in [0.717, 1.165) is 6.07 Å². The minimum atomic E-state index is -0.691. The Balaban J connectivity index is 2.34. The van der Waals surface area contributed by atoms with Gasteiger partial charge in [-0.1, -0.05) is 12.1 Å². The summed E-state index contributed by atoms with van der Waals surface area (Å²) in [5.74, 6) is -0.399. The van der Waals surface area contributed by atoms with Gasteiger partial charge in [-0.05, 0) is 23.8 Å². The largest absolute Gasteiger partial charge is 0.365 e. The van der Waals surface area contributed by atoms with Crippen LogP contribution in [0.1, 0.15) is 5.56 Å². The summed E-state index contributed by atoms with van der Waals surface area (Å²) in [5, 5.41) is 21.8. The van der Waals surface area contributed by atoms with E-state index >= 15 is 0 Å². The molecule has 0 heterocycles. The molecule has 0 N–H and O–H groups in total. The maximum Gasteiger partial charge on any atom is 0.299 e. The lowest BCUT2D eigenvalue weighted by Crippen LogP contribution is -2.17. The van der Waals surface area contributed by atoms with E-state index < -0.39 is 15.7 Å². The maximum absolute atomic E-state index is 13.2. The molecule has 0 unspecified atom stereocenters. The molecule has 0 aliphatic heterocycles. The van der Waals surface area contributed by atoms with E-state index in [0.29, 0.717) is 5.56 Å². The van der Waals surface area contributed by atoms with Gasteiger partial charge in [0.1, 0.15) is 11.5 Å². The van der Waals surface area contributed by atoms with Gasteiger partial charge >= 0.3 is 0 Å². The zero-order valence-electron chi connectivity index (χ0n) is 11.6. The van der Waals surface area contributed by atoms with E-state index in [1.807, 2.05) is 0 Å². The van der Waals surface area contributed by atoms with Gasteiger partial charge in [0, 0.05) is 19.7 Å². The highest BCUT2D eigenvalue weighted by molar-refractivity contribution is 5.66. The highest BCUT2D eigenvalue weighted by atomic mass is 19.1. The standard InChI is InChI=1S/C14H12FN3O4/c1-16(9-10-3-2-4-11(15)7-10)13-6-5-12(17(19)20)8-14(13)18(21)22/h2-8H,9H2,1H3. The van der Waals surface area contributed by atoms with Crippen molar-refractivity contribution in [2.45, 2.75) is 6.54 Å². The van der Waals surface area contributed by atoms with Crippen molar-refractivity contribution in [3.8, 4) is 0 Å².